The second-order valence-corrected chi connectivity index (χ2v) is 6.25. The zero-order valence-corrected chi connectivity index (χ0v) is 14.1. The van der Waals surface area contributed by atoms with Crippen molar-refractivity contribution in [3.63, 3.8) is 0 Å². The van der Waals surface area contributed by atoms with Gasteiger partial charge in [0, 0.05) is 22.3 Å². The molecule has 1 unspecified atom stereocenters. The lowest BCUT2D eigenvalue weighted by molar-refractivity contribution is 0.148. The Hall–Kier alpha value is -1.19. The van der Waals surface area contributed by atoms with E-state index in [0.717, 1.165) is 28.5 Å². The standard InChI is InChI=1S/C17H16BrClO2/c1-11-2-4-17-12(6-11)8-15(21-17)10-20-16-5-3-14(19)7-13(16)9-18/h2-7,15H,8-10H2,1H3. The number of rotatable bonds is 4. The smallest absolute Gasteiger partial charge is 0.137 e. The summed E-state index contributed by atoms with van der Waals surface area (Å²) in [5, 5.41) is 1.44. The Labute approximate surface area is 138 Å². The Bertz CT molecular complexity index is 657. The van der Waals surface area contributed by atoms with Crippen LogP contribution in [0.15, 0.2) is 36.4 Å². The molecule has 2 aromatic carbocycles. The van der Waals surface area contributed by atoms with Crippen LogP contribution in [-0.4, -0.2) is 12.7 Å². The van der Waals surface area contributed by atoms with E-state index < -0.39 is 0 Å². The fourth-order valence-corrected chi connectivity index (χ4v) is 3.15. The molecule has 1 atom stereocenters. The highest BCUT2D eigenvalue weighted by Gasteiger charge is 2.23. The summed E-state index contributed by atoms with van der Waals surface area (Å²) in [6.45, 7) is 2.63. The van der Waals surface area contributed by atoms with Crippen LogP contribution in [-0.2, 0) is 11.8 Å². The third-order valence-corrected chi connectivity index (χ3v) is 4.39. The summed E-state index contributed by atoms with van der Waals surface area (Å²) in [5.41, 5.74) is 3.58. The van der Waals surface area contributed by atoms with Gasteiger partial charge >= 0.3 is 0 Å². The van der Waals surface area contributed by atoms with Crippen LogP contribution < -0.4 is 9.47 Å². The van der Waals surface area contributed by atoms with E-state index >= 15 is 0 Å². The van der Waals surface area contributed by atoms with Gasteiger partial charge in [0.1, 0.15) is 24.2 Å². The quantitative estimate of drug-likeness (QED) is 0.714. The van der Waals surface area contributed by atoms with Gasteiger partial charge in [-0.25, -0.2) is 0 Å². The molecule has 1 heterocycles. The minimum absolute atomic E-state index is 0.0700. The Morgan fingerprint density at radius 1 is 1.29 bits per heavy atom. The maximum atomic E-state index is 6.00. The SMILES string of the molecule is Cc1ccc2c(c1)CC(COc1ccc(Cl)cc1CBr)O2. The molecule has 0 aromatic heterocycles. The monoisotopic (exact) mass is 366 g/mol. The molecule has 0 spiro atoms. The molecular formula is C17H16BrClO2. The van der Waals surface area contributed by atoms with Gasteiger partial charge in [0.2, 0.25) is 0 Å². The van der Waals surface area contributed by atoms with Gasteiger partial charge in [0.05, 0.1) is 0 Å². The van der Waals surface area contributed by atoms with Gasteiger partial charge in [-0.3, -0.25) is 0 Å². The topological polar surface area (TPSA) is 18.5 Å². The third kappa shape index (κ3) is 3.35. The van der Waals surface area contributed by atoms with Crippen molar-refractivity contribution >= 4 is 27.5 Å². The van der Waals surface area contributed by atoms with E-state index in [2.05, 4.69) is 35.0 Å². The molecule has 0 amide bonds. The molecule has 0 N–H and O–H groups in total. The second-order valence-electron chi connectivity index (χ2n) is 5.25. The largest absolute Gasteiger partial charge is 0.489 e. The van der Waals surface area contributed by atoms with Crippen LogP contribution in [0.5, 0.6) is 11.5 Å². The van der Waals surface area contributed by atoms with E-state index in [1.807, 2.05) is 24.3 Å². The van der Waals surface area contributed by atoms with Crippen LogP contribution in [0.4, 0.5) is 0 Å². The highest BCUT2D eigenvalue weighted by atomic mass is 79.9. The van der Waals surface area contributed by atoms with E-state index in [4.69, 9.17) is 21.1 Å². The fraction of sp³-hybridized carbons (Fsp3) is 0.294. The van der Waals surface area contributed by atoms with Crippen molar-refractivity contribution in [3.8, 4) is 11.5 Å². The predicted octanol–water partition coefficient (Wildman–Crippen LogP) is 4.93. The van der Waals surface area contributed by atoms with E-state index in [9.17, 15) is 0 Å². The van der Waals surface area contributed by atoms with Gasteiger partial charge in [-0.1, -0.05) is 45.2 Å². The van der Waals surface area contributed by atoms with Gasteiger partial charge in [-0.05, 0) is 36.8 Å². The minimum Gasteiger partial charge on any atom is -0.489 e. The van der Waals surface area contributed by atoms with Crippen LogP contribution in [0.3, 0.4) is 0 Å². The first-order valence-corrected chi connectivity index (χ1v) is 8.39. The van der Waals surface area contributed by atoms with Crippen LogP contribution in [0.1, 0.15) is 16.7 Å². The van der Waals surface area contributed by atoms with Crippen molar-refractivity contribution in [2.45, 2.75) is 24.8 Å². The number of halogens is 2. The normalized spacial score (nSPS) is 16.4. The predicted molar refractivity (Wildman–Crippen MR) is 88.9 cm³/mol. The Balaban J connectivity index is 1.65. The summed E-state index contributed by atoms with van der Waals surface area (Å²) in [4.78, 5) is 0. The van der Waals surface area contributed by atoms with Crippen molar-refractivity contribution in [2.24, 2.45) is 0 Å². The Kier molecular flexibility index (Phi) is 4.41. The van der Waals surface area contributed by atoms with Crippen molar-refractivity contribution in [1.82, 2.24) is 0 Å². The zero-order chi connectivity index (χ0) is 14.8. The first-order valence-electron chi connectivity index (χ1n) is 6.89. The van der Waals surface area contributed by atoms with E-state index in [1.54, 1.807) is 0 Å². The average Bonchev–Trinajstić information content (AvgIpc) is 2.87. The van der Waals surface area contributed by atoms with E-state index in [1.165, 1.54) is 11.1 Å². The van der Waals surface area contributed by atoms with Gasteiger partial charge in [0.15, 0.2) is 0 Å². The van der Waals surface area contributed by atoms with Gasteiger partial charge in [0.25, 0.3) is 0 Å². The summed E-state index contributed by atoms with van der Waals surface area (Å²) in [5.74, 6) is 1.83. The molecule has 21 heavy (non-hydrogen) atoms. The Morgan fingerprint density at radius 2 is 2.14 bits per heavy atom. The number of alkyl halides is 1. The molecule has 2 aromatic rings. The highest BCUT2D eigenvalue weighted by Crippen LogP contribution is 2.31. The molecule has 0 radical (unpaired) electrons. The maximum Gasteiger partial charge on any atom is 0.137 e. The summed E-state index contributed by atoms with van der Waals surface area (Å²) in [7, 11) is 0. The highest BCUT2D eigenvalue weighted by molar-refractivity contribution is 9.08. The minimum atomic E-state index is 0.0700. The Morgan fingerprint density at radius 3 is 2.95 bits per heavy atom. The maximum absolute atomic E-state index is 6.00. The average molecular weight is 368 g/mol. The van der Waals surface area contributed by atoms with Gasteiger partial charge < -0.3 is 9.47 Å². The number of fused-ring (bicyclic) bond motifs is 1. The lowest BCUT2D eigenvalue weighted by atomic mass is 10.1. The van der Waals surface area contributed by atoms with Crippen molar-refractivity contribution in [1.29, 1.82) is 0 Å². The first-order chi connectivity index (χ1) is 10.2. The fourth-order valence-electron chi connectivity index (χ4n) is 2.52. The molecule has 1 aliphatic rings. The summed E-state index contributed by atoms with van der Waals surface area (Å²) < 4.78 is 11.8. The van der Waals surface area contributed by atoms with Crippen LogP contribution in [0.25, 0.3) is 0 Å². The number of hydrogen-bond acceptors (Lipinski definition) is 2. The van der Waals surface area contributed by atoms with Gasteiger partial charge in [-0.15, -0.1) is 0 Å². The van der Waals surface area contributed by atoms with Crippen molar-refractivity contribution in [2.75, 3.05) is 6.61 Å². The van der Waals surface area contributed by atoms with Crippen molar-refractivity contribution in [3.05, 3.63) is 58.1 Å². The third-order valence-electron chi connectivity index (χ3n) is 3.55. The molecule has 1 aliphatic heterocycles. The first kappa shape index (κ1) is 14.7. The molecular weight excluding hydrogens is 352 g/mol. The summed E-state index contributed by atoms with van der Waals surface area (Å²) in [6, 6.07) is 12.0. The lowest BCUT2D eigenvalue weighted by Gasteiger charge is -2.14. The number of ether oxygens (including phenoxy) is 2. The van der Waals surface area contributed by atoms with Crippen LogP contribution >= 0.6 is 27.5 Å². The van der Waals surface area contributed by atoms with E-state index in [0.29, 0.717) is 11.9 Å². The molecule has 0 saturated carbocycles. The molecule has 0 saturated heterocycles. The molecule has 3 rings (SSSR count). The lowest BCUT2D eigenvalue weighted by Crippen LogP contribution is -2.22. The van der Waals surface area contributed by atoms with Gasteiger partial charge in [-0.2, -0.15) is 0 Å². The van der Waals surface area contributed by atoms with Crippen molar-refractivity contribution < 1.29 is 9.47 Å². The summed E-state index contributed by atoms with van der Waals surface area (Å²) >= 11 is 9.45. The number of hydrogen-bond donors (Lipinski definition) is 0. The zero-order valence-electron chi connectivity index (χ0n) is 11.7. The summed E-state index contributed by atoms with van der Waals surface area (Å²) in [6.07, 6.45) is 0.967. The molecule has 110 valence electrons. The molecule has 4 heteroatoms. The molecule has 0 fully saturated rings. The molecule has 2 nitrogen and oxygen atoms in total. The number of aryl methyl sites for hydroxylation is 1. The second kappa shape index (κ2) is 6.29. The molecule has 0 aliphatic carbocycles. The molecule has 0 bridgehead atoms. The van der Waals surface area contributed by atoms with E-state index in [-0.39, 0.29) is 6.10 Å². The number of benzene rings is 2. The van der Waals surface area contributed by atoms with Crippen LogP contribution in [0, 0.1) is 6.92 Å². The van der Waals surface area contributed by atoms with Crippen LogP contribution in [0.2, 0.25) is 5.02 Å².